The number of benzene rings is 1. The van der Waals surface area contributed by atoms with E-state index in [1.807, 2.05) is 11.4 Å². The van der Waals surface area contributed by atoms with E-state index in [1.165, 1.54) is 4.88 Å². The van der Waals surface area contributed by atoms with Gasteiger partial charge in [-0.15, -0.1) is 11.3 Å². The van der Waals surface area contributed by atoms with E-state index in [0.29, 0.717) is 0 Å². The van der Waals surface area contributed by atoms with Gasteiger partial charge in [0.1, 0.15) is 0 Å². The summed E-state index contributed by atoms with van der Waals surface area (Å²) in [7, 11) is 0. The van der Waals surface area contributed by atoms with Gasteiger partial charge >= 0.3 is 0 Å². The lowest BCUT2D eigenvalue weighted by molar-refractivity contribution is -0.255. The molecule has 88 valence electrons. The van der Waals surface area contributed by atoms with Gasteiger partial charge in [0.15, 0.2) is 0 Å². The SMILES string of the molecule is O=C([O-])c1ccc(CNCc2cccs2)cc1. The number of aromatic carboxylic acids is 1. The normalized spacial score (nSPS) is 10.4. The van der Waals surface area contributed by atoms with Gasteiger partial charge in [-0.3, -0.25) is 0 Å². The van der Waals surface area contributed by atoms with E-state index < -0.39 is 5.97 Å². The minimum Gasteiger partial charge on any atom is -0.545 e. The molecule has 0 unspecified atom stereocenters. The molecule has 1 N–H and O–H groups in total. The Hall–Kier alpha value is -1.65. The Labute approximate surface area is 104 Å². The van der Waals surface area contributed by atoms with E-state index in [4.69, 9.17) is 0 Å². The highest BCUT2D eigenvalue weighted by Gasteiger charge is 1.96. The number of nitrogens with one attached hydrogen (secondary N) is 1. The zero-order chi connectivity index (χ0) is 12.1. The van der Waals surface area contributed by atoms with Crippen molar-refractivity contribution in [3.05, 3.63) is 57.8 Å². The second-order valence-corrected chi connectivity index (χ2v) is 4.70. The topological polar surface area (TPSA) is 52.2 Å². The average molecular weight is 246 g/mol. The lowest BCUT2D eigenvalue weighted by Gasteiger charge is -2.05. The van der Waals surface area contributed by atoms with Crippen LogP contribution in [0.1, 0.15) is 20.8 Å². The molecule has 1 aromatic carbocycles. The summed E-state index contributed by atoms with van der Waals surface area (Å²) in [6.45, 7) is 1.56. The predicted octanol–water partition coefficient (Wildman–Crippen LogP) is 1.40. The molecule has 1 aromatic heterocycles. The van der Waals surface area contributed by atoms with Crippen molar-refractivity contribution in [2.75, 3.05) is 0 Å². The third-order valence-electron chi connectivity index (χ3n) is 2.40. The molecule has 0 aliphatic heterocycles. The van der Waals surface area contributed by atoms with Crippen molar-refractivity contribution in [3.8, 4) is 0 Å². The van der Waals surface area contributed by atoms with E-state index in [-0.39, 0.29) is 5.56 Å². The van der Waals surface area contributed by atoms with E-state index in [1.54, 1.807) is 35.6 Å². The lowest BCUT2D eigenvalue weighted by Crippen LogP contribution is -2.22. The Morgan fingerprint density at radius 3 is 2.53 bits per heavy atom. The number of carbonyl (C=O) groups excluding carboxylic acids is 1. The molecule has 3 nitrogen and oxygen atoms in total. The quantitative estimate of drug-likeness (QED) is 0.867. The number of thiophene rings is 1. The van der Waals surface area contributed by atoms with Crippen molar-refractivity contribution in [1.29, 1.82) is 0 Å². The smallest absolute Gasteiger partial charge is 0.0715 e. The van der Waals surface area contributed by atoms with Gasteiger partial charge < -0.3 is 15.2 Å². The molecule has 0 spiro atoms. The van der Waals surface area contributed by atoms with Crippen LogP contribution in [0.25, 0.3) is 0 Å². The molecule has 0 amide bonds. The molecular formula is C13H12NO2S-. The van der Waals surface area contributed by atoms with Crippen LogP contribution in [-0.2, 0) is 13.1 Å². The van der Waals surface area contributed by atoms with Crippen LogP contribution < -0.4 is 10.4 Å². The second-order valence-electron chi connectivity index (χ2n) is 3.67. The molecule has 0 aliphatic carbocycles. The van der Waals surface area contributed by atoms with Crippen molar-refractivity contribution in [3.63, 3.8) is 0 Å². The summed E-state index contributed by atoms with van der Waals surface area (Å²) < 4.78 is 0. The van der Waals surface area contributed by atoms with E-state index in [2.05, 4.69) is 11.4 Å². The molecule has 0 bridgehead atoms. The zero-order valence-corrected chi connectivity index (χ0v) is 10.00. The van der Waals surface area contributed by atoms with Gasteiger partial charge in [0.05, 0.1) is 5.97 Å². The number of carboxylic acid groups (broad SMARTS) is 1. The van der Waals surface area contributed by atoms with Crippen molar-refractivity contribution in [2.45, 2.75) is 13.1 Å². The number of hydrogen-bond acceptors (Lipinski definition) is 4. The standard InChI is InChI=1S/C13H13NO2S/c15-13(16)11-5-3-10(4-6-11)8-14-9-12-2-1-7-17-12/h1-7,14H,8-9H2,(H,15,16)/p-1. The molecule has 2 rings (SSSR count). The molecule has 0 radical (unpaired) electrons. The molecule has 0 fully saturated rings. The Morgan fingerprint density at radius 2 is 1.94 bits per heavy atom. The van der Waals surface area contributed by atoms with Crippen LogP contribution in [-0.4, -0.2) is 5.97 Å². The third-order valence-corrected chi connectivity index (χ3v) is 3.27. The summed E-state index contributed by atoms with van der Waals surface area (Å²) in [4.78, 5) is 11.8. The second kappa shape index (κ2) is 5.61. The Morgan fingerprint density at radius 1 is 1.18 bits per heavy atom. The Bertz CT molecular complexity index is 477. The molecule has 0 saturated carbocycles. The van der Waals surface area contributed by atoms with Crippen LogP contribution in [0.5, 0.6) is 0 Å². The van der Waals surface area contributed by atoms with Crippen LogP contribution in [0.2, 0.25) is 0 Å². The first-order valence-electron chi connectivity index (χ1n) is 5.29. The fourth-order valence-electron chi connectivity index (χ4n) is 1.50. The number of rotatable bonds is 5. The van der Waals surface area contributed by atoms with Crippen molar-refractivity contribution in [2.24, 2.45) is 0 Å². The monoisotopic (exact) mass is 246 g/mol. The molecular weight excluding hydrogens is 234 g/mol. The first kappa shape index (κ1) is 11.8. The summed E-state index contributed by atoms with van der Waals surface area (Å²) in [6, 6.07) is 10.8. The highest BCUT2D eigenvalue weighted by molar-refractivity contribution is 7.09. The van der Waals surface area contributed by atoms with Gasteiger partial charge in [0.25, 0.3) is 0 Å². The first-order valence-corrected chi connectivity index (χ1v) is 6.17. The summed E-state index contributed by atoms with van der Waals surface area (Å²) in [6.07, 6.45) is 0. The molecule has 1 heterocycles. The van der Waals surface area contributed by atoms with Crippen molar-refractivity contribution in [1.82, 2.24) is 5.32 Å². The lowest BCUT2D eigenvalue weighted by atomic mass is 10.1. The molecule has 4 heteroatoms. The summed E-state index contributed by atoms with van der Waals surface area (Å²) >= 11 is 1.72. The van der Waals surface area contributed by atoms with E-state index in [0.717, 1.165) is 18.7 Å². The first-order chi connectivity index (χ1) is 8.25. The Balaban J connectivity index is 1.85. The van der Waals surface area contributed by atoms with Crippen LogP contribution in [0, 0.1) is 0 Å². The number of carboxylic acids is 1. The average Bonchev–Trinajstić information content (AvgIpc) is 2.83. The van der Waals surface area contributed by atoms with Gasteiger partial charge in [-0.2, -0.15) is 0 Å². The zero-order valence-electron chi connectivity index (χ0n) is 9.18. The largest absolute Gasteiger partial charge is 0.545 e. The maximum absolute atomic E-state index is 10.6. The molecule has 0 atom stereocenters. The van der Waals surface area contributed by atoms with Crippen LogP contribution in [0.15, 0.2) is 41.8 Å². The summed E-state index contributed by atoms with van der Waals surface area (Å²) in [5.74, 6) is -1.14. The fraction of sp³-hybridized carbons (Fsp3) is 0.154. The minimum atomic E-state index is -1.14. The van der Waals surface area contributed by atoms with Gasteiger partial charge in [-0.1, -0.05) is 30.3 Å². The van der Waals surface area contributed by atoms with Crippen LogP contribution >= 0.6 is 11.3 Å². The van der Waals surface area contributed by atoms with Crippen molar-refractivity contribution >= 4 is 17.3 Å². The highest BCUT2D eigenvalue weighted by Crippen LogP contribution is 2.08. The van der Waals surface area contributed by atoms with Gasteiger partial charge in [-0.05, 0) is 22.6 Å². The van der Waals surface area contributed by atoms with E-state index in [9.17, 15) is 9.90 Å². The molecule has 0 saturated heterocycles. The predicted molar refractivity (Wildman–Crippen MR) is 65.6 cm³/mol. The number of hydrogen-bond donors (Lipinski definition) is 1. The maximum atomic E-state index is 10.6. The third kappa shape index (κ3) is 3.41. The minimum absolute atomic E-state index is 0.215. The van der Waals surface area contributed by atoms with Crippen LogP contribution in [0.4, 0.5) is 0 Å². The van der Waals surface area contributed by atoms with Crippen molar-refractivity contribution < 1.29 is 9.90 Å². The van der Waals surface area contributed by atoms with E-state index >= 15 is 0 Å². The fourth-order valence-corrected chi connectivity index (χ4v) is 2.18. The van der Waals surface area contributed by atoms with Gasteiger partial charge in [0.2, 0.25) is 0 Å². The van der Waals surface area contributed by atoms with Crippen LogP contribution in [0.3, 0.4) is 0 Å². The maximum Gasteiger partial charge on any atom is 0.0715 e. The highest BCUT2D eigenvalue weighted by atomic mass is 32.1. The summed E-state index contributed by atoms with van der Waals surface area (Å²) in [5, 5.41) is 15.9. The van der Waals surface area contributed by atoms with Gasteiger partial charge in [-0.25, -0.2) is 0 Å². The molecule has 17 heavy (non-hydrogen) atoms. The molecule has 2 aromatic rings. The van der Waals surface area contributed by atoms with Gasteiger partial charge in [0, 0.05) is 18.0 Å². The Kier molecular flexibility index (Phi) is 3.90. The summed E-state index contributed by atoms with van der Waals surface area (Å²) in [5.41, 5.74) is 1.28. The number of carbonyl (C=O) groups is 1. The molecule has 0 aliphatic rings.